The molecule has 4 aliphatic rings. The van der Waals surface area contributed by atoms with Gasteiger partial charge in [-0.1, -0.05) is 0 Å². The van der Waals surface area contributed by atoms with Crippen LogP contribution in [0.5, 0.6) is 0 Å². The van der Waals surface area contributed by atoms with Gasteiger partial charge in [0.2, 0.25) is 0 Å². The molecule has 2 N–H and O–H groups in total. The van der Waals surface area contributed by atoms with Gasteiger partial charge in [-0.05, 0) is 18.9 Å². The molecular weight excluding hydrogens is 202 g/mol. The Morgan fingerprint density at radius 2 is 2.12 bits per heavy atom. The standard InChI is InChI=1S/C12H21N3O/c13-12(11-3-1-2-8-16-11)10-9-14-4-6-15(10)7-5-14/h3,10,12H,1-2,4-9,13H2. The minimum absolute atomic E-state index is 0.0726. The highest BCUT2D eigenvalue weighted by Crippen LogP contribution is 2.23. The third-order valence-corrected chi connectivity index (χ3v) is 4.03. The lowest BCUT2D eigenvalue weighted by atomic mass is 9.98. The van der Waals surface area contributed by atoms with Crippen molar-refractivity contribution in [2.75, 3.05) is 39.3 Å². The van der Waals surface area contributed by atoms with Gasteiger partial charge in [0.15, 0.2) is 0 Å². The second-order valence-electron chi connectivity index (χ2n) is 5.03. The van der Waals surface area contributed by atoms with E-state index in [1.165, 1.54) is 26.2 Å². The lowest BCUT2D eigenvalue weighted by molar-refractivity contribution is -0.00207. The van der Waals surface area contributed by atoms with E-state index >= 15 is 0 Å². The third-order valence-electron chi connectivity index (χ3n) is 4.03. The van der Waals surface area contributed by atoms with E-state index in [1.807, 2.05) is 0 Å². The van der Waals surface area contributed by atoms with Crippen LogP contribution in [0.25, 0.3) is 0 Å². The van der Waals surface area contributed by atoms with E-state index in [9.17, 15) is 0 Å². The van der Waals surface area contributed by atoms with Gasteiger partial charge in [-0.15, -0.1) is 0 Å². The summed E-state index contributed by atoms with van der Waals surface area (Å²) < 4.78 is 5.69. The predicted octanol–water partition coefficient (Wildman–Crippen LogP) is 0.00780. The molecule has 4 rings (SSSR count). The first-order chi connectivity index (χ1) is 7.84. The molecule has 90 valence electrons. The number of hydrogen-bond donors (Lipinski definition) is 1. The summed E-state index contributed by atoms with van der Waals surface area (Å²) in [6.45, 7) is 6.72. The summed E-state index contributed by atoms with van der Waals surface area (Å²) in [4.78, 5) is 5.05. The number of nitrogens with zero attached hydrogens (tertiary/aromatic N) is 2. The second-order valence-corrected chi connectivity index (χ2v) is 5.03. The minimum atomic E-state index is 0.0726. The molecule has 3 fully saturated rings. The zero-order chi connectivity index (χ0) is 11.0. The molecule has 0 saturated carbocycles. The summed E-state index contributed by atoms with van der Waals surface area (Å²) in [5.41, 5.74) is 6.35. The van der Waals surface area contributed by atoms with Crippen molar-refractivity contribution in [2.24, 2.45) is 5.73 Å². The molecule has 0 aliphatic carbocycles. The van der Waals surface area contributed by atoms with Gasteiger partial charge in [0.25, 0.3) is 0 Å². The molecule has 4 aliphatic heterocycles. The Hall–Kier alpha value is -0.580. The molecule has 0 spiro atoms. The van der Waals surface area contributed by atoms with Crippen LogP contribution in [-0.2, 0) is 4.74 Å². The Bertz CT molecular complexity index is 284. The molecule has 2 bridgehead atoms. The lowest BCUT2D eigenvalue weighted by Crippen LogP contribution is -2.66. The fourth-order valence-electron chi connectivity index (χ4n) is 3.00. The first-order valence-corrected chi connectivity index (χ1v) is 6.39. The van der Waals surface area contributed by atoms with E-state index in [0.29, 0.717) is 6.04 Å². The highest BCUT2D eigenvalue weighted by molar-refractivity contribution is 5.11. The number of rotatable bonds is 2. The minimum Gasteiger partial charge on any atom is -0.497 e. The Morgan fingerprint density at radius 1 is 1.31 bits per heavy atom. The van der Waals surface area contributed by atoms with Gasteiger partial charge < -0.3 is 10.5 Å². The molecular formula is C12H21N3O. The van der Waals surface area contributed by atoms with Crippen LogP contribution in [0.15, 0.2) is 11.8 Å². The second kappa shape index (κ2) is 4.35. The van der Waals surface area contributed by atoms with E-state index in [0.717, 1.165) is 31.8 Å². The smallest absolute Gasteiger partial charge is 0.110 e. The summed E-state index contributed by atoms with van der Waals surface area (Å²) in [7, 11) is 0. The van der Waals surface area contributed by atoms with Crippen LogP contribution in [0.4, 0.5) is 0 Å². The summed E-state index contributed by atoms with van der Waals surface area (Å²) in [5, 5.41) is 0. The highest BCUT2D eigenvalue weighted by Gasteiger charge is 2.37. The van der Waals surface area contributed by atoms with Crippen molar-refractivity contribution >= 4 is 0 Å². The third kappa shape index (κ3) is 1.85. The fourth-order valence-corrected chi connectivity index (χ4v) is 3.00. The van der Waals surface area contributed by atoms with Gasteiger partial charge in [0.1, 0.15) is 5.76 Å². The summed E-state index contributed by atoms with van der Waals surface area (Å²) in [5.74, 6) is 1.03. The maximum Gasteiger partial charge on any atom is 0.110 e. The number of piperazine rings is 3. The monoisotopic (exact) mass is 223 g/mol. The average molecular weight is 223 g/mol. The summed E-state index contributed by atoms with van der Waals surface area (Å²) in [6.07, 6.45) is 4.45. The molecule has 2 unspecified atom stereocenters. The van der Waals surface area contributed by atoms with Gasteiger partial charge in [-0.25, -0.2) is 0 Å². The van der Waals surface area contributed by atoms with Gasteiger partial charge >= 0.3 is 0 Å². The normalized spacial score (nSPS) is 40.1. The average Bonchev–Trinajstić information content (AvgIpc) is 2.40. The van der Waals surface area contributed by atoms with Gasteiger partial charge in [-0.2, -0.15) is 0 Å². The van der Waals surface area contributed by atoms with Crippen molar-refractivity contribution in [3.8, 4) is 0 Å². The van der Waals surface area contributed by atoms with Crippen LogP contribution in [0.1, 0.15) is 12.8 Å². The van der Waals surface area contributed by atoms with Crippen LogP contribution >= 0.6 is 0 Å². The van der Waals surface area contributed by atoms with Gasteiger partial charge in [0, 0.05) is 38.8 Å². The molecule has 0 aromatic rings. The van der Waals surface area contributed by atoms with Crippen LogP contribution < -0.4 is 5.73 Å². The largest absolute Gasteiger partial charge is 0.497 e. The van der Waals surface area contributed by atoms with Crippen LogP contribution in [0.2, 0.25) is 0 Å². The molecule has 0 radical (unpaired) electrons. The first kappa shape index (κ1) is 10.6. The SMILES string of the molecule is NC(C1=CCCCO1)C1CN2CCN1CC2. The fraction of sp³-hybridized carbons (Fsp3) is 0.833. The number of nitrogens with two attached hydrogens (primary N) is 1. The maximum absolute atomic E-state index is 6.35. The molecule has 3 saturated heterocycles. The van der Waals surface area contributed by atoms with E-state index in [-0.39, 0.29) is 6.04 Å². The molecule has 16 heavy (non-hydrogen) atoms. The Labute approximate surface area is 97.0 Å². The van der Waals surface area contributed by atoms with Crippen LogP contribution in [-0.4, -0.2) is 61.2 Å². The quantitative estimate of drug-likeness (QED) is 0.716. The van der Waals surface area contributed by atoms with Crippen LogP contribution in [0, 0.1) is 0 Å². The number of hydrogen-bond acceptors (Lipinski definition) is 4. The van der Waals surface area contributed by atoms with E-state index in [1.54, 1.807) is 0 Å². The van der Waals surface area contributed by atoms with Crippen molar-refractivity contribution in [1.29, 1.82) is 0 Å². The summed E-state index contributed by atoms with van der Waals surface area (Å²) >= 11 is 0. The predicted molar refractivity (Wildman–Crippen MR) is 63.0 cm³/mol. The lowest BCUT2D eigenvalue weighted by Gasteiger charge is -2.49. The van der Waals surface area contributed by atoms with Crippen molar-refractivity contribution in [1.82, 2.24) is 9.80 Å². The number of ether oxygens (including phenoxy) is 1. The maximum atomic E-state index is 6.35. The first-order valence-electron chi connectivity index (χ1n) is 6.39. The molecule has 4 nitrogen and oxygen atoms in total. The molecule has 0 amide bonds. The van der Waals surface area contributed by atoms with Crippen molar-refractivity contribution < 1.29 is 4.74 Å². The van der Waals surface area contributed by atoms with Gasteiger partial charge in [0.05, 0.1) is 12.6 Å². The zero-order valence-electron chi connectivity index (χ0n) is 9.77. The molecule has 0 aromatic heterocycles. The topological polar surface area (TPSA) is 41.7 Å². The molecule has 2 atom stereocenters. The highest BCUT2D eigenvalue weighted by atomic mass is 16.5. The van der Waals surface area contributed by atoms with E-state index < -0.39 is 0 Å². The molecule has 4 heterocycles. The molecule has 4 heteroatoms. The Morgan fingerprint density at radius 3 is 2.69 bits per heavy atom. The summed E-state index contributed by atoms with van der Waals surface area (Å²) in [6, 6.07) is 0.537. The number of fused-ring (bicyclic) bond motifs is 3. The van der Waals surface area contributed by atoms with Gasteiger partial charge in [-0.3, -0.25) is 9.80 Å². The van der Waals surface area contributed by atoms with Crippen molar-refractivity contribution in [2.45, 2.75) is 24.9 Å². The molecule has 0 aromatic carbocycles. The van der Waals surface area contributed by atoms with Crippen molar-refractivity contribution in [3.05, 3.63) is 11.8 Å². The Kier molecular flexibility index (Phi) is 2.88. The Balaban J connectivity index is 1.70. The van der Waals surface area contributed by atoms with E-state index in [4.69, 9.17) is 10.5 Å². The number of allylic oxidation sites excluding steroid dienone is 1. The van der Waals surface area contributed by atoms with Crippen LogP contribution in [0.3, 0.4) is 0 Å². The zero-order valence-corrected chi connectivity index (χ0v) is 9.77. The van der Waals surface area contributed by atoms with E-state index in [2.05, 4.69) is 15.9 Å². The van der Waals surface area contributed by atoms with Crippen molar-refractivity contribution in [3.63, 3.8) is 0 Å².